The second-order valence-electron chi connectivity index (χ2n) is 2.30. The van der Waals surface area contributed by atoms with Crippen molar-refractivity contribution in [2.75, 3.05) is 13.3 Å². The molecule has 0 saturated carbocycles. The first-order chi connectivity index (χ1) is 4.61. The molecule has 1 heterocycles. The molecule has 1 fully saturated rings. The second kappa shape index (κ2) is 2.79. The third-order valence-corrected chi connectivity index (χ3v) is 1.48. The molecule has 0 aliphatic carbocycles. The number of nitrogens with zero attached hydrogens (tertiary/aromatic N) is 3. The first-order valence-corrected chi connectivity index (χ1v) is 2.96. The van der Waals surface area contributed by atoms with Crippen LogP contribution >= 0.6 is 0 Å². The Kier molecular flexibility index (Phi) is 2.19. The second-order valence-corrected chi connectivity index (χ2v) is 2.30. The highest BCUT2D eigenvalue weighted by molar-refractivity contribution is 4.58. The van der Waals surface area contributed by atoms with E-state index < -0.39 is 6.17 Å². The molecule has 0 atom stereocenters. The van der Waals surface area contributed by atoms with Gasteiger partial charge in [-0.3, -0.25) is 0 Å². The third-order valence-electron chi connectivity index (χ3n) is 1.48. The third kappa shape index (κ3) is 1.43. The van der Waals surface area contributed by atoms with Gasteiger partial charge in [0.05, 0.1) is 0 Å². The van der Waals surface area contributed by atoms with Crippen LogP contribution in [0.5, 0.6) is 0 Å². The highest BCUT2D eigenvalue weighted by Gasteiger charge is 2.26. The molecule has 6 nitrogen and oxygen atoms in total. The maximum atomic E-state index is 8.95. The van der Waals surface area contributed by atoms with Crippen molar-refractivity contribution in [2.24, 2.45) is 0 Å². The highest BCUT2D eigenvalue weighted by atomic mass is 16.6. The van der Waals surface area contributed by atoms with Gasteiger partial charge in [-0.2, -0.15) is 15.2 Å². The zero-order valence-corrected chi connectivity index (χ0v) is 5.67. The molecular weight excluding hydrogens is 138 g/mol. The average Bonchev–Trinajstić information content (AvgIpc) is 1.82. The minimum absolute atomic E-state index is 0.0260. The summed E-state index contributed by atoms with van der Waals surface area (Å²) >= 11 is 0. The minimum atomic E-state index is -0.469. The molecular formula is C4H11N3O3. The largest absolute Gasteiger partial charge is 0.311 e. The lowest BCUT2D eigenvalue weighted by Gasteiger charge is -2.37. The van der Waals surface area contributed by atoms with E-state index in [0.29, 0.717) is 0 Å². The maximum absolute atomic E-state index is 8.95. The first-order valence-electron chi connectivity index (χ1n) is 2.96. The molecule has 0 aromatic rings. The normalized spacial score (nSPS) is 27.6. The van der Waals surface area contributed by atoms with Crippen LogP contribution in [0, 0.1) is 0 Å². The first kappa shape index (κ1) is 7.86. The smallest absolute Gasteiger partial charge is 0.110 e. The Bertz CT molecular complexity index is 110. The van der Waals surface area contributed by atoms with E-state index >= 15 is 0 Å². The zero-order chi connectivity index (χ0) is 7.72. The quantitative estimate of drug-likeness (QED) is 0.424. The number of hydrogen-bond donors (Lipinski definition) is 3. The fourth-order valence-electron chi connectivity index (χ4n) is 0.769. The van der Waals surface area contributed by atoms with E-state index in [9.17, 15) is 0 Å². The van der Waals surface area contributed by atoms with E-state index in [1.54, 1.807) is 6.92 Å². The summed E-state index contributed by atoms with van der Waals surface area (Å²) in [6.45, 7) is 1.67. The molecule has 3 N–H and O–H groups in total. The Balaban J connectivity index is 2.49. The van der Waals surface area contributed by atoms with E-state index in [0.717, 1.165) is 15.2 Å². The van der Waals surface area contributed by atoms with Crippen LogP contribution in [0.4, 0.5) is 0 Å². The van der Waals surface area contributed by atoms with Gasteiger partial charge in [-0.1, -0.05) is 0 Å². The molecule has 10 heavy (non-hydrogen) atoms. The van der Waals surface area contributed by atoms with Crippen molar-refractivity contribution < 1.29 is 15.6 Å². The van der Waals surface area contributed by atoms with Crippen LogP contribution in [0.15, 0.2) is 0 Å². The average molecular weight is 149 g/mol. The number of rotatable bonds is 0. The highest BCUT2D eigenvalue weighted by Crippen LogP contribution is 2.07. The lowest BCUT2D eigenvalue weighted by molar-refractivity contribution is -0.354. The Morgan fingerprint density at radius 2 is 1.50 bits per heavy atom. The topological polar surface area (TPSA) is 70.4 Å². The van der Waals surface area contributed by atoms with E-state index in [-0.39, 0.29) is 13.3 Å². The molecule has 1 saturated heterocycles. The molecule has 0 spiro atoms. The SMILES string of the molecule is CC1N(O)CN(O)CN1O. The molecule has 1 aliphatic rings. The van der Waals surface area contributed by atoms with E-state index in [4.69, 9.17) is 15.6 Å². The van der Waals surface area contributed by atoms with Crippen molar-refractivity contribution in [1.29, 1.82) is 0 Å². The van der Waals surface area contributed by atoms with Crippen LogP contribution in [-0.4, -0.2) is 50.3 Å². The molecule has 0 bridgehead atoms. The summed E-state index contributed by atoms with van der Waals surface area (Å²) in [5.74, 6) is 0. The van der Waals surface area contributed by atoms with Crippen molar-refractivity contribution in [3.05, 3.63) is 0 Å². The molecule has 0 unspecified atom stereocenters. The van der Waals surface area contributed by atoms with Crippen LogP contribution in [0.3, 0.4) is 0 Å². The van der Waals surface area contributed by atoms with E-state index in [1.807, 2.05) is 0 Å². The van der Waals surface area contributed by atoms with Crippen molar-refractivity contribution in [1.82, 2.24) is 15.2 Å². The van der Waals surface area contributed by atoms with Gasteiger partial charge in [0.15, 0.2) is 0 Å². The Morgan fingerprint density at radius 3 is 1.90 bits per heavy atom. The predicted octanol–water partition coefficient (Wildman–Crippen LogP) is -0.665. The predicted molar refractivity (Wildman–Crippen MR) is 30.1 cm³/mol. The molecule has 1 rings (SSSR count). The summed E-state index contributed by atoms with van der Waals surface area (Å²) in [5.41, 5.74) is 0. The fraction of sp³-hybridized carbons (Fsp3) is 1.00. The Morgan fingerprint density at radius 1 is 1.10 bits per heavy atom. The standard InChI is InChI=1S/C4H11N3O3/c1-4-6(9)2-5(8)3-7(4)10/h4,8-10H,2-3H2,1H3. The van der Waals surface area contributed by atoms with Crippen molar-refractivity contribution in [3.8, 4) is 0 Å². The van der Waals surface area contributed by atoms with Gasteiger partial charge >= 0.3 is 0 Å². The van der Waals surface area contributed by atoms with Gasteiger partial charge in [-0.15, -0.1) is 0 Å². The molecule has 1 aliphatic heterocycles. The number of hydroxylamine groups is 6. The summed E-state index contributed by atoms with van der Waals surface area (Å²) in [6, 6.07) is 0. The van der Waals surface area contributed by atoms with Gasteiger partial charge in [0.1, 0.15) is 19.5 Å². The van der Waals surface area contributed by atoms with Gasteiger partial charge < -0.3 is 15.6 Å². The molecule has 0 radical (unpaired) electrons. The summed E-state index contributed by atoms with van der Waals surface area (Å²) in [7, 11) is 0. The molecule has 60 valence electrons. The van der Waals surface area contributed by atoms with E-state index in [1.165, 1.54) is 0 Å². The molecule has 0 aromatic carbocycles. The molecule has 6 heteroatoms. The maximum Gasteiger partial charge on any atom is 0.110 e. The monoisotopic (exact) mass is 149 g/mol. The van der Waals surface area contributed by atoms with Crippen LogP contribution in [0.2, 0.25) is 0 Å². The van der Waals surface area contributed by atoms with Gasteiger partial charge in [0.2, 0.25) is 0 Å². The van der Waals surface area contributed by atoms with Gasteiger partial charge in [0, 0.05) is 0 Å². The van der Waals surface area contributed by atoms with Crippen LogP contribution in [0.25, 0.3) is 0 Å². The van der Waals surface area contributed by atoms with Crippen molar-refractivity contribution >= 4 is 0 Å². The van der Waals surface area contributed by atoms with Gasteiger partial charge in [-0.05, 0) is 6.92 Å². The zero-order valence-electron chi connectivity index (χ0n) is 5.67. The van der Waals surface area contributed by atoms with Gasteiger partial charge in [-0.25, -0.2) is 0 Å². The Hall–Kier alpha value is -0.240. The van der Waals surface area contributed by atoms with Crippen LogP contribution < -0.4 is 0 Å². The van der Waals surface area contributed by atoms with Gasteiger partial charge in [0.25, 0.3) is 0 Å². The molecule has 0 aromatic heterocycles. The Labute approximate surface area is 58.4 Å². The van der Waals surface area contributed by atoms with Crippen molar-refractivity contribution in [2.45, 2.75) is 13.1 Å². The van der Waals surface area contributed by atoms with Crippen LogP contribution in [-0.2, 0) is 0 Å². The summed E-state index contributed by atoms with van der Waals surface area (Å²) in [4.78, 5) is 0. The lowest BCUT2D eigenvalue weighted by atomic mass is 10.5. The summed E-state index contributed by atoms with van der Waals surface area (Å²) < 4.78 is 0. The molecule has 0 amide bonds. The minimum Gasteiger partial charge on any atom is -0.311 e. The fourth-order valence-corrected chi connectivity index (χ4v) is 0.769. The summed E-state index contributed by atoms with van der Waals surface area (Å²) in [6.07, 6.45) is -0.469. The van der Waals surface area contributed by atoms with E-state index in [2.05, 4.69) is 0 Å². The lowest BCUT2D eigenvalue weighted by Crippen LogP contribution is -2.56. The summed E-state index contributed by atoms with van der Waals surface area (Å²) in [5, 5.41) is 29.1. The van der Waals surface area contributed by atoms with Crippen LogP contribution in [0.1, 0.15) is 6.92 Å². The van der Waals surface area contributed by atoms with Crippen molar-refractivity contribution in [3.63, 3.8) is 0 Å². The number of hydrogen-bond acceptors (Lipinski definition) is 6.